The summed E-state index contributed by atoms with van der Waals surface area (Å²) < 4.78 is 6.45. The zero-order chi connectivity index (χ0) is 23.1. The number of carbonyl (C=O) groups is 1. The third-order valence-electron chi connectivity index (χ3n) is 5.79. The van der Waals surface area contributed by atoms with Crippen LogP contribution >= 0.6 is 0 Å². The molecule has 6 nitrogen and oxygen atoms in total. The third kappa shape index (κ3) is 3.69. The quantitative estimate of drug-likeness (QED) is 0.325. The lowest BCUT2D eigenvalue weighted by atomic mass is 10.0. The number of benzene rings is 2. The molecule has 1 atom stereocenters. The number of nitrogens with one attached hydrogen (secondary N) is 1. The number of aryl methyl sites for hydroxylation is 2. The van der Waals surface area contributed by atoms with Gasteiger partial charge < -0.3 is 14.8 Å². The molecule has 164 valence electrons. The summed E-state index contributed by atoms with van der Waals surface area (Å²) in [5.74, 6) is -1.07. The number of aromatic carboxylic acids is 1. The van der Waals surface area contributed by atoms with Crippen molar-refractivity contribution in [3.8, 4) is 11.1 Å². The molecule has 0 amide bonds. The highest BCUT2D eigenvalue weighted by atomic mass is 16.4. The van der Waals surface area contributed by atoms with E-state index in [4.69, 9.17) is 4.42 Å². The maximum atomic E-state index is 11.7. The van der Waals surface area contributed by atoms with E-state index in [0.717, 1.165) is 44.3 Å². The van der Waals surface area contributed by atoms with Crippen LogP contribution in [0.5, 0.6) is 0 Å². The average molecular weight is 437 g/mol. The largest absolute Gasteiger partial charge is 0.476 e. The zero-order valence-electron chi connectivity index (χ0n) is 18.6. The fraction of sp³-hybridized carbons (Fsp3) is 0.148. The monoisotopic (exact) mass is 437 g/mol. The maximum absolute atomic E-state index is 11.7. The molecule has 0 aliphatic heterocycles. The van der Waals surface area contributed by atoms with E-state index in [2.05, 4.69) is 39.6 Å². The van der Waals surface area contributed by atoms with Crippen LogP contribution in [0.2, 0.25) is 0 Å². The summed E-state index contributed by atoms with van der Waals surface area (Å²) in [4.78, 5) is 20.5. The van der Waals surface area contributed by atoms with Crippen molar-refractivity contribution in [2.75, 3.05) is 5.32 Å². The van der Waals surface area contributed by atoms with Crippen molar-refractivity contribution in [3.05, 3.63) is 89.4 Å². The van der Waals surface area contributed by atoms with Gasteiger partial charge >= 0.3 is 5.97 Å². The number of carboxylic acids is 1. The average Bonchev–Trinajstić information content (AvgIpc) is 3.18. The predicted molar refractivity (Wildman–Crippen MR) is 130 cm³/mol. The Kier molecular flexibility index (Phi) is 5.05. The van der Waals surface area contributed by atoms with Gasteiger partial charge in [-0.15, -0.1) is 0 Å². The normalized spacial score (nSPS) is 12.2. The van der Waals surface area contributed by atoms with Crippen LogP contribution in [-0.4, -0.2) is 21.0 Å². The summed E-state index contributed by atoms with van der Waals surface area (Å²) >= 11 is 0. The predicted octanol–water partition coefficient (Wildman–Crippen LogP) is 6.53. The van der Waals surface area contributed by atoms with Crippen molar-refractivity contribution in [3.63, 3.8) is 0 Å². The van der Waals surface area contributed by atoms with Crippen LogP contribution < -0.4 is 5.32 Å². The standard InChI is InChI=1S/C27H23N3O3/c1-15-13-20(17(3)30-22-10-9-16(2)29-24(22)27(31)32)25-21(14-15)23-26(33-25)19(11-12-28-23)18-7-5-4-6-8-18/h4-14,17,30H,1-3H3,(H,31,32)/t17-/m1/s1. The van der Waals surface area contributed by atoms with Crippen LogP contribution in [0, 0.1) is 13.8 Å². The van der Waals surface area contributed by atoms with Crippen molar-refractivity contribution in [2.24, 2.45) is 0 Å². The Bertz CT molecular complexity index is 1510. The number of anilines is 1. The lowest BCUT2D eigenvalue weighted by molar-refractivity contribution is 0.0691. The first-order chi connectivity index (χ1) is 15.9. The number of carboxylic acid groups (broad SMARTS) is 1. The van der Waals surface area contributed by atoms with E-state index in [0.29, 0.717) is 11.4 Å². The molecule has 0 bridgehead atoms. The van der Waals surface area contributed by atoms with Crippen molar-refractivity contribution in [1.82, 2.24) is 9.97 Å². The van der Waals surface area contributed by atoms with Crippen molar-refractivity contribution >= 4 is 33.7 Å². The number of aromatic nitrogens is 2. The Labute approximate surface area is 190 Å². The molecule has 0 saturated heterocycles. The van der Waals surface area contributed by atoms with E-state index in [-0.39, 0.29) is 11.7 Å². The van der Waals surface area contributed by atoms with Crippen LogP contribution in [-0.2, 0) is 0 Å². The molecule has 3 aromatic heterocycles. The highest BCUT2D eigenvalue weighted by Gasteiger charge is 2.21. The second-order valence-corrected chi connectivity index (χ2v) is 8.26. The molecular formula is C27H23N3O3. The van der Waals surface area contributed by atoms with Crippen LogP contribution in [0.25, 0.3) is 33.2 Å². The first-order valence-electron chi connectivity index (χ1n) is 10.8. The fourth-order valence-electron chi connectivity index (χ4n) is 4.25. The van der Waals surface area contributed by atoms with Gasteiger partial charge in [-0.2, -0.15) is 0 Å². The van der Waals surface area contributed by atoms with E-state index in [9.17, 15) is 9.90 Å². The van der Waals surface area contributed by atoms with E-state index in [1.54, 1.807) is 25.3 Å². The molecule has 33 heavy (non-hydrogen) atoms. The molecule has 0 unspecified atom stereocenters. The van der Waals surface area contributed by atoms with E-state index >= 15 is 0 Å². The lowest BCUT2D eigenvalue weighted by Gasteiger charge is -2.18. The Hall–Kier alpha value is -4.19. The molecule has 0 fully saturated rings. The number of pyridine rings is 2. The van der Waals surface area contributed by atoms with Gasteiger partial charge in [0, 0.05) is 28.4 Å². The minimum absolute atomic E-state index is 0.00313. The van der Waals surface area contributed by atoms with Gasteiger partial charge in [0.2, 0.25) is 0 Å². The number of hydrogen-bond acceptors (Lipinski definition) is 5. The SMILES string of the molecule is Cc1cc([C@@H](C)Nc2ccc(C)nc2C(=O)O)c2oc3c(-c4ccccc4)ccnc3c2c1. The van der Waals surface area contributed by atoms with Gasteiger partial charge in [0.05, 0.1) is 11.7 Å². The molecule has 3 heterocycles. The second kappa shape index (κ2) is 8.06. The Balaban J connectivity index is 1.66. The molecule has 0 spiro atoms. The molecule has 6 heteroatoms. The van der Waals surface area contributed by atoms with Crippen molar-refractivity contribution < 1.29 is 14.3 Å². The highest BCUT2D eigenvalue weighted by Crippen LogP contribution is 2.38. The van der Waals surface area contributed by atoms with Gasteiger partial charge in [-0.3, -0.25) is 4.98 Å². The summed E-state index contributed by atoms with van der Waals surface area (Å²) in [6, 6.07) is 19.5. The third-order valence-corrected chi connectivity index (χ3v) is 5.79. The molecule has 0 aliphatic rings. The molecule has 0 radical (unpaired) electrons. The van der Waals surface area contributed by atoms with Crippen LogP contribution in [0.3, 0.4) is 0 Å². The molecule has 2 N–H and O–H groups in total. The van der Waals surface area contributed by atoms with Crippen LogP contribution in [0.15, 0.2) is 71.3 Å². The van der Waals surface area contributed by atoms with Gasteiger partial charge in [-0.1, -0.05) is 36.4 Å². The Morgan fingerprint density at radius 2 is 1.82 bits per heavy atom. The number of nitrogens with zero attached hydrogens (tertiary/aromatic N) is 2. The zero-order valence-corrected chi connectivity index (χ0v) is 18.6. The minimum atomic E-state index is -1.07. The summed E-state index contributed by atoms with van der Waals surface area (Å²) in [5.41, 5.74) is 7.46. The smallest absolute Gasteiger partial charge is 0.356 e. The van der Waals surface area contributed by atoms with E-state index in [1.165, 1.54) is 0 Å². The molecule has 5 rings (SSSR count). The first kappa shape index (κ1) is 20.7. The summed E-state index contributed by atoms with van der Waals surface area (Å²) in [7, 11) is 0. The second-order valence-electron chi connectivity index (χ2n) is 8.26. The van der Waals surface area contributed by atoms with E-state index in [1.807, 2.05) is 38.1 Å². The van der Waals surface area contributed by atoms with Crippen LogP contribution in [0.4, 0.5) is 5.69 Å². The Morgan fingerprint density at radius 1 is 1.03 bits per heavy atom. The lowest BCUT2D eigenvalue weighted by Crippen LogP contribution is -2.13. The number of hydrogen-bond donors (Lipinski definition) is 2. The van der Waals surface area contributed by atoms with Crippen molar-refractivity contribution in [1.29, 1.82) is 0 Å². The molecule has 2 aromatic carbocycles. The van der Waals surface area contributed by atoms with E-state index < -0.39 is 5.97 Å². The van der Waals surface area contributed by atoms with Crippen LogP contribution in [0.1, 0.15) is 40.3 Å². The Morgan fingerprint density at radius 3 is 2.58 bits per heavy atom. The summed E-state index contributed by atoms with van der Waals surface area (Å²) in [6.45, 7) is 5.79. The molecule has 5 aromatic rings. The highest BCUT2D eigenvalue weighted by molar-refractivity contribution is 6.08. The molecule has 0 saturated carbocycles. The first-order valence-corrected chi connectivity index (χ1v) is 10.8. The number of furan rings is 1. The topological polar surface area (TPSA) is 88.2 Å². The minimum Gasteiger partial charge on any atom is -0.476 e. The van der Waals surface area contributed by atoms with Crippen molar-refractivity contribution in [2.45, 2.75) is 26.8 Å². The van der Waals surface area contributed by atoms with Gasteiger partial charge in [0.15, 0.2) is 11.3 Å². The molecule has 0 aliphatic carbocycles. The summed E-state index contributed by atoms with van der Waals surface area (Å²) in [6.07, 6.45) is 1.81. The number of fused-ring (bicyclic) bond motifs is 3. The van der Waals surface area contributed by atoms with Gasteiger partial charge in [0.25, 0.3) is 0 Å². The number of rotatable bonds is 5. The molecular weight excluding hydrogens is 414 g/mol. The van der Waals surface area contributed by atoms with Gasteiger partial charge in [-0.25, -0.2) is 9.78 Å². The maximum Gasteiger partial charge on any atom is 0.356 e. The summed E-state index contributed by atoms with van der Waals surface area (Å²) in [5, 5.41) is 13.9. The van der Waals surface area contributed by atoms with Gasteiger partial charge in [-0.05, 0) is 56.2 Å². The van der Waals surface area contributed by atoms with Gasteiger partial charge in [0.1, 0.15) is 11.1 Å². The fourth-order valence-corrected chi connectivity index (χ4v) is 4.25.